The van der Waals surface area contributed by atoms with E-state index in [2.05, 4.69) is 4.99 Å². The molecule has 0 unspecified atom stereocenters. The lowest BCUT2D eigenvalue weighted by molar-refractivity contribution is -0.128. The number of benzene rings is 1. The number of imide groups is 1. The Kier molecular flexibility index (Phi) is 4.86. The van der Waals surface area contributed by atoms with Gasteiger partial charge in [0.25, 0.3) is 0 Å². The van der Waals surface area contributed by atoms with Crippen molar-refractivity contribution < 1.29 is 14.3 Å². The lowest BCUT2D eigenvalue weighted by Crippen LogP contribution is -2.55. The van der Waals surface area contributed by atoms with Crippen molar-refractivity contribution in [3.8, 4) is 0 Å². The summed E-state index contributed by atoms with van der Waals surface area (Å²) < 4.78 is 5.40. The quantitative estimate of drug-likeness (QED) is 0.616. The van der Waals surface area contributed by atoms with Gasteiger partial charge in [0.05, 0.1) is 12.3 Å². The molecule has 0 bridgehead atoms. The molecular formula is C19H23N2O3+. The summed E-state index contributed by atoms with van der Waals surface area (Å²) >= 11 is 0. The largest absolute Gasteiger partial charge is 0.442 e. The summed E-state index contributed by atoms with van der Waals surface area (Å²) in [4.78, 5) is 30.5. The van der Waals surface area contributed by atoms with Gasteiger partial charge < -0.3 is 4.74 Å². The molecule has 0 N–H and O–H groups in total. The fraction of sp³-hybridized carbons (Fsp3) is 0.421. The number of carbonyl (C=O) groups excluding carboxylic acids is 2. The third kappa shape index (κ3) is 3.69. The molecule has 0 saturated carbocycles. The summed E-state index contributed by atoms with van der Waals surface area (Å²) in [7, 11) is 0. The Morgan fingerprint density at radius 2 is 1.83 bits per heavy atom. The molecule has 1 aromatic rings. The van der Waals surface area contributed by atoms with Crippen LogP contribution in [0.15, 0.2) is 41.0 Å². The predicted molar refractivity (Wildman–Crippen MR) is 92.5 cm³/mol. The zero-order valence-electron chi connectivity index (χ0n) is 14.7. The van der Waals surface area contributed by atoms with Crippen molar-refractivity contribution in [2.24, 2.45) is 10.9 Å². The van der Waals surface area contributed by atoms with Crippen molar-refractivity contribution in [1.82, 2.24) is 4.90 Å². The van der Waals surface area contributed by atoms with Crippen LogP contribution in [-0.2, 0) is 9.53 Å². The molecule has 126 valence electrons. The van der Waals surface area contributed by atoms with E-state index in [1.165, 1.54) is 0 Å². The van der Waals surface area contributed by atoms with Crippen LogP contribution in [0.5, 0.6) is 0 Å². The van der Waals surface area contributed by atoms with E-state index in [1.807, 2.05) is 44.2 Å². The molecule has 1 aliphatic heterocycles. The lowest BCUT2D eigenvalue weighted by atomic mass is 9.91. The minimum absolute atomic E-state index is 0.0477. The third-order valence-corrected chi connectivity index (χ3v) is 3.53. The van der Waals surface area contributed by atoms with Crippen LogP contribution in [0, 0.1) is 12.5 Å². The molecule has 0 saturated heterocycles. The van der Waals surface area contributed by atoms with Gasteiger partial charge in [0.15, 0.2) is 0 Å². The van der Waals surface area contributed by atoms with Gasteiger partial charge in [0.2, 0.25) is 0 Å². The number of carbonyl (C=O) groups is 2. The fourth-order valence-corrected chi connectivity index (χ4v) is 2.58. The van der Waals surface area contributed by atoms with E-state index in [4.69, 9.17) is 11.3 Å². The van der Waals surface area contributed by atoms with E-state index < -0.39 is 23.6 Å². The molecule has 0 fully saturated rings. The van der Waals surface area contributed by atoms with Crippen LogP contribution in [0.4, 0.5) is 4.79 Å². The molecule has 2 amide bonds. The predicted octanol–water partition coefficient (Wildman–Crippen LogP) is 3.59. The summed E-state index contributed by atoms with van der Waals surface area (Å²) in [5, 5.41) is 0. The number of hydrogen-bond acceptors (Lipinski definition) is 4. The maximum Gasteiger partial charge on any atom is 0.436 e. The van der Waals surface area contributed by atoms with Gasteiger partial charge in [-0.2, -0.15) is 9.89 Å². The first-order valence-corrected chi connectivity index (χ1v) is 7.95. The smallest absolute Gasteiger partial charge is 0.436 e. The molecule has 1 atom stereocenters. The van der Waals surface area contributed by atoms with Crippen LogP contribution >= 0.6 is 0 Å². The highest BCUT2D eigenvalue weighted by Gasteiger charge is 2.48. The Labute approximate surface area is 143 Å². The van der Waals surface area contributed by atoms with E-state index in [1.54, 1.807) is 20.8 Å². The third-order valence-electron chi connectivity index (χ3n) is 3.53. The second-order valence-corrected chi connectivity index (χ2v) is 7.09. The average Bonchev–Trinajstić information content (AvgIpc) is 2.48. The van der Waals surface area contributed by atoms with Gasteiger partial charge >= 0.3 is 17.7 Å². The minimum atomic E-state index is -0.713. The van der Waals surface area contributed by atoms with Gasteiger partial charge in [-0.25, -0.2) is 4.79 Å². The molecule has 1 heterocycles. The standard InChI is InChI=1S/C19H23N2O3/c1-12(2)16-15(14-10-8-7-9-11-14)20-13(3)17(22)21(16)18(23)24-19(4,5)6/h3,7-12,16H,1-2,4-6H3/q+1/t16-/m0/s1. The molecule has 5 heteroatoms. The first kappa shape index (κ1) is 17.8. The highest BCUT2D eigenvalue weighted by molar-refractivity contribution is 6.16. The summed E-state index contributed by atoms with van der Waals surface area (Å²) in [5.74, 6) is -0.670. The second-order valence-electron chi connectivity index (χ2n) is 7.09. The van der Waals surface area contributed by atoms with Gasteiger partial charge in [0.1, 0.15) is 11.6 Å². The molecule has 5 nitrogen and oxygen atoms in total. The minimum Gasteiger partial charge on any atom is -0.442 e. The topological polar surface area (TPSA) is 59.0 Å². The monoisotopic (exact) mass is 327 g/mol. The van der Waals surface area contributed by atoms with Gasteiger partial charge in [-0.05, 0) is 32.3 Å². The van der Waals surface area contributed by atoms with E-state index in [0.717, 1.165) is 10.5 Å². The first-order chi connectivity index (χ1) is 11.1. The van der Waals surface area contributed by atoms with Crippen LogP contribution in [0.25, 0.3) is 0 Å². The number of nitrogens with zero attached hydrogens (tertiary/aromatic N) is 2. The van der Waals surface area contributed by atoms with E-state index in [-0.39, 0.29) is 11.6 Å². The van der Waals surface area contributed by atoms with Gasteiger partial charge in [-0.3, -0.25) is 0 Å². The summed E-state index contributed by atoms with van der Waals surface area (Å²) in [6.07, 6.45) is -0.711. The normalized spacial score (nSPS) is 18.6. The molecule has 24 heavy (non-hydrogen) atoms. The SMILES string of the molecule is [CH+]=C1N=C(c2ccccc2)[C@H](C(C)C)N(C(=O)OC(C)(C)C)C1=O. The van der Waals surface area contributed by atoms with Gasteiger partial charge in [-0.1, -0.05) is 44.2 Å². The molecule has 2 rings (SSSR count). The van der Waals surface area contributed by atoms with Crippen molar-refractivity contribution in [3.05, 3.63) is 48.2 Å². The number of ether oxygens (including phenoxy) is 1. The number of hydrogen-bond donors (Lipinski definition) is 0. The zero-order chi connectivity index (χ0) is 18.1. The van der Waals surface area contributed by atoms with Crippen LogP contribution in [0.1, 0.15) is 40.2 Å². The van der Waals surface area contributed by atoms with E-state index >= 15 is 0 Å². The van der Waals surface area contributed by atoms with E-state index in [9.17, 15) is 9.59 Å². The highest BCUT2D eigenvalue weighted by Crippen LogP contribution is 2.27. The molecule has 1 aromatic carbocycles. The summed E-state index contributed by atoms with van der Waals surface area (Å²) in [6.45, 7) is 14.9. The van der Waals surface area contributed by atoms with Crippen molar-refractivity contribution >= 4 is 17.7 Å². The molecule has 0 spiro atoms. The second kappa shape index (κ2) is 6.54. The van der Waals surface area contributed by atoms with Gasteiger partial charge in [-0.15, -0.1) is 4.79 Å². The molecular weight excluding hydrogens is 304 g/mol. The Hall–Kier alpha value is -2.52. The maximum absolute atomic E-state index is 12.6. The number of amides is 2. The van der Waals surface area contributed by atoms with E-state index in [0.29, 0.717) is 5.71 Å². The Morgan fingerprint density at radius 3 is 2.33 bits per heavy atom. The Morgan fingerprint density at radius 1 is 1.25 bits per heavy atom. The van der Waals surface area contributed by atoms with Crippen LogP contribution in [0.2, 0.25) is 0 Å². The van der Waals surface area contributed by atoms with Crippen LogP contribution in [-0.4, -0.2) is 34.3 Å². The zero-order valence-corrected chi connectivity index (χ0v) is 14.7. The molecule has 0 aliphatic carbocycles. The van der Waals surface area contributed by atoms with Crippen molar-refractivity contribution in [2.45, 2.75) is 46.3 Å². The lowest BCUT2D eigenvalue weighted by Gasteiger charge is -2.33. The Bertz CT molecular complexity index is 684. The van der Waals surface area contributed by atoms with Crippen LogP contribution in [0.3, 0.4) is 0 Å². The highest BCUT2D eigenvalue weighted by atomic mass is 16.6. The summed E-state index contributed by atoms with van der Waals surface area (Å²) in [6, 6.07) is 8.86. The molecule has 0 radical (unpaired) electrons. The van der Waals surface area contributed by atoms with Crippen molar-refractivity contribution in [2.75, 3.05) is 0 Å². The van der Waals surface area contributed by atoms with Gasteiger partial charge in [0, 0.05) is 0 Å². The summed E-state index contributed by atoms with van der Waals surface area (Å²) in [5.41, 5.74) is 0.486. The number of rotatable bonds is 2. The van der Waals surface area contributed by atoms with Crippen molar-refractivity contribution in [3.63, 3.8) is 0 Å². The molecule has 0 aromatic heterocycles. The number of aliphatic imine (C=N–C) groups is 1. The van der Waals surface area contributed by atoms with Crippen LogP contribution < -0.4 is 0 Å². The maximum atomic E-state index is 12.6. The van der Waals surface area contributed by atoms with Crippen molar-refractivity contribution in [1.29, 1.82) is 0 Å². The Balaban J connectivity index is 2.50. The average molecular weight is 327 g/mol. The first-order valence-electron chi connectivity index (χ1n) is 7.95. The molecule has 1 aliphatic rings. The fourth-order valence-electron chi connectivity index (χ4n) is 2.58.